The molecule has 0 atom stereocenters. The van der Waals surface area contributed by atoms with Crippen LogP contribution in [0.3, 0.4) is 0 Å². The molecule has 2 heterocycles. The highest BCUT2D eigenvalue weighted by atomic mass is 19.4. The van der Waals surface area contributed by atoms with E-state index in [1.165, 1.54) is 6.08 Å². The lowest BCUT2D eigenvalue weighted by Crippen LogP contribution is -2.17. The predicted molar refractivity (Wildman–Crippen MR) is 64.0 cm³/mol. The predicted octanol–water partition coefficient (Wildman–Crippen LogP) is 2.53. The van der Waals surface area contributed by atoms with E-state index in [9.17, 15) is 18.0 Å². The van der Waals surface area contributed by atoms with E-state index in [-0.39, 0.29) is 5.82 Å². The molecule has 0 radical (unpaired) electrons. The number of halogens is 3. The minimum Gasteiger partial charge on any atom is -0.293 e. The molecule has 0 spiro atoms. The third-order valence-corrected chi connectivity index (χ3v) is 2.63. The first-order valence-corrected chi connectivity index (χ1v) is 5.32. The smallest absolute Gasteiger partial charge is 0.293 e. The molecule has 0 bridgehead atoms. The van der Waals surface area contributed by atoms with Gasteiger partial charge >= 0.3 is 6.18 Å². The summed E-state index contributed by atoms with van der Waals surface area (Å²) in [6.07, 6.45) is -2.38. The van der Waals surface area contributed by atoms with Gasteiger partial charge in [0, 0.05) is 11.9 Å². The first-order chi connectivity index (χ1) is 8.84. The number of aromatic amines is 1. The van der Waals surface area contributed by atoms with Crippen molar-refractivity contribution in [2.24, 2.45) is 0 Å². The third kappa shape index (κ3) is 2.31. The molecule has 2 aromatic heterocycles. The quantitative estimate of drug-likeness (QED) is 0.910. The molecule has 2 aromatic rings. The van der Waals surface area contributed by atoms with Crippen LogP contribution in [0, 0.1) is 6.92 Å². The lowest BCUT2D eigenvalue weighted by atomic mass is 10.2. The second kappa shape index (κ2) is 4.42. The number of rotatable bonds is 2. The lowest BCUT2D eigenvalue weighted by molar-refractivity contribution is -0.137. The Labute approximate surface area is 106 Å². The number of alkyl halides is 3. The van der Waals surface area contributed by atoms with Crippen molar-refractivity contribution in [3.63, 3.8) is 0 Å². The molecule has 0 amide bonds. The maximum Gasteiger partial charge on any atom is 0.417 e. The first-order valence-electron chi connectivity index (χ1n) is 5.32. The van der Waals surface area contributed by atoms with Crippen molar-refractivity contribution in [3.05, 3.63) is 52.1 Å². The molecule has 0 aliphatic heterocycles. The molecular weight excluding hydrogens is 259 g/mol. The van der Waals surface area contributed by atoms with Gasteiger partial charge in [0.15, 0.2) is 5.82 Å². The van der Waals surface area contributed by atoms with Gasteiger partial charge < -0.3 is 0 Å². The fourth-order valence-electron chi connectivity index (χ4n) is 1.65. The molecule has 7 heteroatoms. The summed E-state index contributed by atoms with van der Waals surface area (Å²) in [5, 5.41) is 2.73. The molecule has 2 rings (SSSR count). The number of aryl methyl sites for hydroxylation is 1. The van der Waals surface area contributed by atoms with Gasteiger partial charge in [-0.25, -0.2) is 9.67 Å². The molecule has 0 aliphatic rings. The van der Waals surface area contributed by atoms with Crippen LogP contribution in [0.4, 0.5) is 13.2 Å². The Hall–Kier alpha value is -2.31. The molecule has 0 aliphatic carbocycles. The summed E-state index contributed by atoms with van der Waals surface area (Å²) in [5.74, 6) is 0.0919. The molecule has 4 nitrogen and oxygen atoms in total. The number of H-pyrrole nitrogens is 1. The van der Waals surface area contributed by atoms with Crippen LogP contribution in [-0.2, 0) is 6.18 Å². The van der Waals surface area contributed by atoms with Crippen LogP contribution in [0.5, 0.6) is 0 Å². The molecule has 0 fully saturated rings. The topological polar surface area (TPSA) is 50.7 Å². The van der Waals surface area contributed by atoms with Gasteiger partial charge in [0.2, 0.25) is 0 Å². The van der Waals surface area contributed by atoms with E-state index in [0.29, 0.717) is 17.5 Å². The van der Waals surface area contributed by atoms with Gasteiger partial charge in [0.25, 0.3) is 5.56 Å². The molecule has 0 saturated carbocycles. The maximum absolute atomic E-state index is 12.4. The third-order valence-electron chi connectivity index (χ3n) is 2.63. The van der Waals surface area contributed by atoms with Crippen molar-refractivity contribution in [2.75, 3.05) is 0 Å². The second-order valence-corrected chi connectivity index (χ2v) is 3.90. The Balaban J connectivity index is 2.49. The fourth-order valence-corrected chi connectivity index (χ4v) is 1.65. The maximum atomic E-state index is 12.4. The molecule has 0 unspecified atom stereocenters. The van der Waals surface area contributed by atoms with Gasteiger partial charge in [-0.1, -0.05) is 12.7 Å². The van der Waals surface area contributed by atoms with Gasteiger partial charge in [0.05, 0.1) is 11.1 Å². The number of hydrogen-bond donors (Lipinski definition) is 1. The Morgan fingerprint density at radius 1 is 1.42 bits per heavy atom. The number of pyridine rings is 1. The van der Waals surface area contributed by atoms with E-state index in [1.807, 2.05) is 0 Å². The van der Waals surface area contributed by atoms with E-state index in [1.54, 1.807) is 6.92 Å². The van der Waals surface area contributed by atoms with Crippen molar-refractivity contribution < 1.29 is 13.2 Å². The van der Waals surface area contributed by atoms with Crippen LogP contribution < -0.4 is 5.56 Å². The summed E-state index contributed by atoms with van der Waals surface area (Å²) >= 11 is 0. The highest BCUT2D eigenvalue weighted by molar-refractivity contribution is 5.49. The van der Waals surface area contributed by atoms with E-state index in [2.05, 4.69) is 16.7 Å². The molecular formula is C12H10F3N3O. The van der Waals surface area contributed by atoms with Crippen LogP contribution in [0.15, 0.2) is 29.7 Å². The van der Waals surface area contributed by atoms with Crippen LogP contribution in [-0.4, -0.2) is 14.8 Å². The second-order valence-electron chi connectivity index (χ2n) is 3.90. The standard InChI is InChI=1S/C12H10F3N3O/c1-3-9-7(2)17-18(11(9)19)10-5-4-8(6-16-10)12(13,14)15/h3-6,17H,1H2,2H3. The Kier molecular flexibility index (Phi) is 3.05. The van der Waals surface area contributed by atoms with Crippen molar-refractivity contribution in [1.29, 1.82) is 0 Å². The van der Waals surface area contributed by atoms with Gasteiger partial charge in [-0.15, -0.1) is 0 Å². The van der Waals surface area contributed by atoms with E-state index < -0.39 is 17.3 Å². The fraction of sp³-hybridized carbons (Fsp3) is 0.167. The van der Waals surface area contributed by atoms with Gasteiger partial charge in [-0.05, 0) is 19.1 Å². The molecule has 0 saturated heterocycles. The summed E-state index contributed by atoms with van der Waals surface area (Å²) in [5.41, 5.74) is -0.334. The number of aromatic nitrogens is 3. The highest BCUT2D eigenvalue weighted by Gasteiger charge is 2.30. The van der Waals surface area contributed by atoms with E-state index in [4.69, 9.17) is 0 Å². The lowest BCUT2D eigenvalue weighted by Gasteiger charge is -2.06. The van der Waals surface area contributed by atoms with Gasteiger partial charge in [-0.2, -0.15) is 13.2 Å². The number of hydrogen-bond acceptors (Lipinski definition) is 2. The average Bonchev–Trinajstić information content (AvgIpc) is 2.63. The Morgan fingerprint density at radius 2 is 2.11 bits per heavy atom. The molecule has 19 heavy (non-hydrogen) atoms. The van der Waals surface area contributed by atoms with Crippen molar-refractivity contribution >= 4 is 6.08 Å². The van der Waals surface area contributed by atoms with E-state index in [0.717, 1.165) is 16.8 Å². The summed E-state index contributed by atoms with van der Waals surface area (Å²) in [6, 6.07) is 2.01. The largest absolute Gasteiger partial charge is 0.417 e. The Bertz CT molecular complexity index is 665. The summed E-state index contributed by atoms with van der Waals surface area (Å²) in [7, 11) is 0. The monoisotopic (exact) mass is 269 g/mol. The highest BCUT2D eigenvalue weighted by Crippen LogP contribution is 2.28. The zero-order chi connectivity index (χ0) is 14.2. The van der Waals surface area contributed by atoms with E-state index >= 15 is 0 Å². The summed E-state index contributed by atoms with van der Waals surface area (Å²) in [6.45, 7) is 5.17. The normalized spacial score (nSPS) is 11.6. The minimum absolute atomic E-state index is 0.0919. The number of nitrogens with one attached hydrogen (secondary N) is 1. The van der Waals surface area contributed by atoms with Crippen LogP contribution in [0.2, 0.25) is 0 Å². The van der Waals surface area contributed by atoms with Crippen molar-refractivity contribution in [3.8, 4) is 5.82 Å². The number of nitrogens with zero attached hydrogens (tertiary/aromatic N) is 2. The average molecular weight is 269 g/mol. The van der Waals surface area contributed by atoms with Crippen LogP contribution in [0.1, 0.15) is 16.8 Å². The molecule has 100 valence electrons. The van der Waals surface area contributed by atoms with Crippen LogP contribution in [0.25, 0.3) is 11.9 Å². The van der Waals surface area contributed by atoms with Crippen molar-refractivity contribution in [1.82, 2.24) is 14.8 Å². The molecule has 0 aromatic carbocycles. The minimum atomic E-state index is -4.45. The Morgan fingerprint density at radius 3 is 2.53 bits per heavy atom. The summed E-state index contributed by atoms with van der Waals surface area (Å²) in [4.78, 5) is 15.5. The van der Waals surface area contributed by atoms with Gasteiger partial charge in [0.1, 0.15) is 0 Å². The first kappa shape index (κ1) is 13.1. The zero-order valence-electron chi connectivity index (χ0n) is 9.95. The zero-order valence-corrected chi connectivity index (χ0v) is 9.95. The summed E-state index contributed by atoms with van der Waals surface area (Å²) < 4.78 is 38.3. The SMILES string of the molecule is C=Cc1c(C)[nH]n(-c2ccc(C(F)(F)F)cn2)c1=O. The molecule has 1 N–H and O–H groups in total. The van der Waals surface area contributed by atoms with Crippen molar-refractivity contribution in [2.45, 2.75) is 13.1 Å². The van der Waals surface area contributed by atoms with Crippen LogP contribution >= 0.6 is 0 Å². The van der Waals surface area contributed by atoms with Gasteiger partial charge in [-0.3, -0.25) is 9.89 Å².